The number of likely N-dealkylation sites (N-methyl/N-ethyl adjacent to an activating group) is 1. The highest BCUT2D eigenvalue weighted by Gasteiger charge is 2.15. The lowest BCUT2D eigenvalue weighted by Gasteiger charge is -2.28. The molecule has 0 bridgehead atoms. The van der Waals surface area contributed by atoms with E-state index in [9.17, 15) is 0 Å². The molecule has 0 saturated carbocycles. The van der Waals surface area contributed by atoms with Crippen LogP contribution in [0.2, 0.25) is 0 Å². The zero-order valence-electron chi connectivity index (χ0n) is 6.46. The molecule has 10 heavy (non-hydrogen) atoms. The molecule has 0 aliphatic carbocycles. The van der Waals surface area contributed by atoms with E-state index in [1.165, 1.54) is 0 Å². The average molecular weight is 136 g/mol. The van der Waals surface area contributed by atoms with E-state index in [0.29, 0.717) is 0 Å². The fourth-order valence-electron chi connectivity index (χ4n) is 1.13. The van der Waals surface area contributed by atoms with Crippen LogP contribution in [0.25, 0.3) is 0 Å². The van der Waals surface area contributed by atoms with Gasteiger partial charge in [0.2, 0.25) is 0 Å². The third-order valence-electron chi connectivity index (χ3n) is 1.76. The van der Waals surface area contributed by atoms with E-state index >= 15 is 0 Å². The molecule has 0 spiro atoms. The second-order valence-electron chi connectivity index (χ2n) is 2.90. The van der Waals surface area contributed by atoms with Crippen LogP contribution in [0.3, 0.4) is 0 Å². The van der Waals surface area contributed by atoms with Gasteiger partial charge in [0.05, 0.1) is 13.2 Å². The molecule has 0 aromatic carbocycles. The minimum absolute atomic E-state index is 0.958. The topological polar surface area (TPSA) is 0 Å². The summed E-state index contributed by atoms with van der Waals surface area (Å²) < 4.78 is 0.958. The van der Waals surface area contributed by atoms with E-state index < -0.39 is 0 Å². The molecule has 0 N–H and O–H groups in total. The first-order chi connectivity index (χ1) is 4.77. The van der Waals surface area contributed by atoms with Crippen molar-refractivity contribution in [2.45, 2.75) is 0 Å². The Balaban J connectivity index is 2.60. The van der Waals surface area contributed by atoms with Gasteiger partial charge in [-0.3, -0.25) is 4.48 Å². The van der Waals surface area contributed by atoms with Crippen LogP contribution in [0.1, 0.15) is 0 Å². The highest BCUT2D eigenvalue weighted by molar-refractivity contribution is 5.03. The quantitative estimate of drug-likeness (QED) is 0.400. The van der Waals surface area contributed by atoms with Gasteiger partial charge in [0.1, 0.15) is 13.1 Å². The van der Waals surface area contributed by atoms with Crippen molar-refractivity contribution in [2.75, 3.05) is 20.1 Å². The number of allylic oxidation sites excluding steroid dienone is 2. The smallest absolute Gasteiger partial charge is 0.102 e. The lowest BCUT2D eigenvalue weighted by atomic mass is 10.3. The third kappa shape index (κ3) is 1.58. The van der Waals surface area contributed by atoms with E-state index in [2.05, 4.69) is 38.1 Å². The molecule has 1 aliphatic rings. The van der Waals surface area contributed by atoms with Crippen LogP contribution in [-0.4, -0.2) is 24.6 Å². The van der Waals surface area contributed by atoms with Crippen LogP contribution in [0.5, 0.6) is 0 Å². The van der Waals surface area contributed by atoms with Gasteiger partial charge in [-0.15, -0.1) is 0 Å². The molecule has 1 rings (SSSR count). The lowest BCUT2D eigenvalue weighted by Crippen LogP contribution is -2.39. The maximum absolute atomic E-state index is 3.73. The maximum atomic E-state index is 3.73. The van der Waals surface area contributed by atoms with Gasteiger partial charge < -0.3 is 0 Å². The third-order valence-corrected chi connectivity index (χ3v) is 1.76. The van der Waals surface area contributed by atoms with Crippen LogP contribution in [0.15, 0.2) is 37.1 Å². The van der Waals surface area contributed by atoms with Crippen molar-refractivity contribution in [3.63, 3.8) is 0 Å². The molecule has 1 atom stereocenters. The van der Waals surface area contributed by atoms with Crippen LogP contribution in [0, 0.1) is 0 Å². The molecule has 1 heterocycles. The van der Waals surface area contributed by atoms with Crippen LogP contribution in [-0.2, 0) is 0 Å². The highest BCUT2D eigenvalue weighted by Crippen LogP contribution is 2.08. The zero-order chi connectivity index (χ0) is 7.45. The molecular weight excluding hydrogens is 122 g/mol. The standard InChI is InChI=1S/C9H14N/c1-3-7-10(2)8-5-4-6-9-10/h3-6,8H,1,7,9H2,2H3/q+1. The minimum Gasteiger partial charge on any atom is -0.293 e. The summed E-state index contributed by atoms with van der Waals surface area (Å²) in [5.41, 5.74) is 0. The molecule has 0 aromatic heterocycles. The van der Waals surface area contributed by atoms with Crippen molar-refractivity contribution in [3.8, 4) is 0 Å². The molecule has 1 heteroatoms. The van der Waals surface area contributed by atoms with Gasteiger partial charge in [0.25, 0.3) is 0 Å². The second-order valence-corrected chi connectivity index (χ2v) is 2.90. The molecule has 1 nitrogen and oxygen atoms in total. The van der Waals surface area contributed by atoms with E-state index in [0.717, 1.165) is 17.6 Å². The van der Waals surface area contributed by atoms with Gasteiger partial charge in [-0.05, 0) is 18.2 Å². The molecule has 1 aliphatic heterocycles. The average Bonchev–Trinajstić information content (AvgIpc) is 1.89. The molecule has 0 aromatic rings. The molecule has 0 saturated heterocycles. The van der Waals surface area contributed by atoms with Crippen LogP contribution in [0.4, 0.5) is 0 Å². The number of rotatable bonds is 2. The van der Waals surface area contributed by atoms with E-state index in [1.54, 1.807) is 0 Å². The summed E-state index contributed by atoms with van der Waals surface area (Å²) in [5.74, 6) is 0. The highest BCUT2D eigenvalue weighted by atomic mass is 15.3. The monoisotopic (exact) mass is 136 g/mol. The summed E-state index contributed by atoms with van der Waals surface area (Å²) in [6.07, 6.45) is 10.5. The molecule has 1 unspecified atom stereocenters. The second kappa shape index (κ2) is 2.84. The summed E-state index contributed by atoms with van der Waals surface area (Å²) in [6, 6.07) is 0. The Morgan fingerprint density at radius 3 is 2.90 bits per heavy atom. The summed E-state index contributed by atoms with van der Waals surface area (Å²) in [6.45, 7) is 5.83. The van der Waals surface area contributed by atoms with Gasteiger partial charge in [-0.1, -0.05) is 12.7 Å². The Morgan fingerprint density at radius 2 is 2.40 bits per heavy atom. The fourth-order valence-corrected chi connectivity index (χ4v) is 1.13. The molecular formula is C9H14N+. The SMILES string of the molecule is C=CC[N+]1(C)C=CC=CC1. The minimum atomic E-state index is 0.958. The summed E-state index contributed by atoms with van der Waals surface area (Å²) in [4.78, 5) is 0. The Labute approximate surface area is 62.6 Å². The Kier molecular flexibility index (Phi) is 2.07. The van der Waals surface area contributed by atoms with Crippen molar-refractivity contribution < 1.29 is 4.48 Å². The summed E-state index contributed by atoms with van der Waals surface area (Å²) in [5, 5.41) is 0. The Hall–Kier alpha value is -0.820. The summed E-state index contributed by atoms with van der Waals surface area (Å²) in [7, 11) is 2.20. The number of hydrogen-bond donors (Lipinski definition) is 0. The van der Waals surface area contributed by atoms with Gasteiger partial charge in [-0.25, -0.2) is 0 Å². The van der Waals surface area contributed by atoms with Gasteiger partial charge >= 0.3 is 0 Å². The van der Waals surface area contributed by atoms with Gasteiger partial charge in [0.15, 0.2) is 0 Å². The van der Waals surface area contributed by atoms with Crippen molar-refractivity contribution in [3.05, 3.63) is 37.1 Å². The van der Waals surface area contributed by atoms with E-state index in [4.69, 9.17) is 0 Å². The van der Waals surface area contributed by atoms with E-state index in [-0.39, 0.29) is 0 Å². The first kappa shape index (κ1) is 7.29. The van der Waals surface area contributed by atoms with E-state index in [1.807, 2.05) is 6.08 Å². The van der Waals surface area contributed by atoms with Crippen molar-refractivity contribution >= 4 is 0 Å². The predicted molar refractivity (Wildman–Crippen MR) is 44.4 cm³/mol. The number of quaternary nitrogens is 1. The largest absolute Gasteiger partial charge is 0.293 e. The zero-order valence-corrected chi connectivity index (χ0v) is 6.46. The maximum Gasteiger partial charge on any atom is 0.102 e. The van der Waals surface area contributed by atoms with Crippen molar-refractivity contribution in [2.24, 2.45) is 0 Å². The fraction of sp³-hybridized carbons (Fsp3) is 0.333. The first-order valence-electron chi connectivity index (χ1n) is 3.56. The predicted octanol–water partition coefficient (Wildman–Crippen LogP) is 1.70. The molecule has 0 amide bonds. The normalized spacial score (nSPS) is 30.5. The van der Waals surface area contributed by atoms with Gasteiger partial charge in [0, 0.05) is 0 Å². The summed E-state index contributed by atoms with van der Waals surface area (Å²) >= 11 is 0. The first-order valence-corrected chi connectivity index (χ1v) is 3.56. The molecule has 0 radical (unpaired) electrons. The van der Waals surface area contributed by atoms with Crippen LogP contribution < -0.4 is 0 Å². The Bertz CT molecular complexity index is 175. The number of nitrogens with zero attached hydrogens (tertiary/aromatic N) is 1. The molecule has 0 fully saturated rings. The van der Waals surface area contributed by atoms with Crippen molar-refractivity contribution in [1.82, 2.24) is 0 Å². The molecule has 54 valence electrons. The lowest BCUT2D eigenvalue weighted by molar-refractivity contribution is -0.848. The van der Waals surface area contributed by atoms with Gasteiger partial charge in [-0.2, -0.15) is 0 Å². The Morgan fingerprint density at radius 1 is 1.60 bits per heavy atom. The van der Waals surface area contributed by atoms with Crippen LogP contribution >= 0.6 is 0 Å². The van der Waals surface area contributed by atoms with Crippen molar-refractivity contribution in [1.29, 1.82) is 0 Å². The number of hydrogen-bond acceptors (Lipinski definition) is 0.